The van der Waals surface area contributed by atoms with Gasteiger partial charge in [-0.2, -0.15) is 10.1 Å². The number of anilines is 3. The molecule has 9 nitrogen and oxygen atoms in total. The van der Waals surface area contributed by atoms with E-state index in [9.17, 15) is 0 Å². The van der Waals surface area contributed by atoms with Gasteiger partial charge in [0.05, 0.1) is 31.6 Å². The van der Waals surface area contributed by atoms with E-state index < -0.39 is 0 Å². The number of nitrogens with one attached hydrogen (secondary N) is 1. The van der Waals surface area contributed by atoms with Crippen molar-refractivity contribution in [2.24, 2.45) is 7.05 Å². The summed E-state index contributed by atoms with van der Waals surface area (Å²) in [6.45, 7) is 5.23. The van der Waals surface area contributed by atoms with Crippen LogP contribution in [-0.4, -0.2) is 55.7 Å². The van der Waals surface area contributed by atoms with Crippen molar-refractivity contribution >= 4 is 23.5 Å². The zero-order valence-electron chi connectivity index (χ0n) is 16.4. The van der Waals surface area contributed by atoms with Crippen molar-refractivity contribution in [1.82, 2.24) is 29.4 Å². The highest BCUT2D eigenvalue weighted by Gasteiger charge is 2.17. The molecule has 0 amide bonds. The van der Waals surface area contributed by atoms with Crippen LogP contribution in [0.25, 0.3) is 6.20 Å². The third-order valence-corrected chi connectivity index (χ3v) is 5.14. The largest absolute Gasteiger partial charge is 0.379 e. The first-order valence-corrected chi connectivity index (χ1v) is 9.78. The number of rotatable bonds is 5. The number of hydrogen-bond donors (Lipinski definition) is 1. The molecule has 2 aromatic heterocycles. The van der Waals surface area contributed by atoms with Crippen molar-refractivity contribution in [3.05, 3.63) is 54.2 Å². The second kappa shape index (κ2) is 7.69. The second-order valence-electron chi connectivity index (χ2n) is 7.30. The van der Waals surface area contributed by atoms with Crippen molar-refractivity contribution in [1.29, 1.82) is 0 Å². The Balaban J connectivity index is 1.23. The standard InChI is InChI=1S/C20H24N8O/c1-25-14-18(12-21-25)27-6-7-28-19(15-27)23-20(24-28)22-17-4-2-16(3-5-17)13-26-8-10-29-11-9-26/h2-7,12,14H,8-11,13,15H2,1H3,(H,22,24). The number of aryl methyl sites for hydroxylation is 1. The maximum atomic E-state index is 5.41. The molecule has 29 heavy (non-hydrogen) atoms. The van der Waals surface area contributed by atoms with Crippen LogP contribution in [0.1, 0.15) is 11.4 Å². The van der Waals surface area contributed by atoms with Crippen molar-refractivity contribution in [3.63, 3.8) is 0 Å². The lowest BCUT2D eigenvalue weighted by molar-refractivity contribution is 0.0342. The van der Waals surface area contributed by atoms with Gasteiger partial charge in [0.15, 0.2) is 5.82 Å². The molecule has 3 aromatic rings. The van der Waals surface area contributed by atoms with Gasteiger partial charge in [-0.25, -0.2) is 4.68 Å². The number of nitrogens with zero attached hydrogens (tertiary/aromatic N) is 7. The smallest absolute Gasteiger partial charge is 0.247 e. The zero-order chi connectivity index (χ0) is 19.6. The molecule has 150 valence electrons. The number of ether oxygens (including phenoxy) is 1. The third kappa shape index (κ3) is 4.01. The lowest BCUT2D eigenvalue weighted by Crippen LogP contribution is -2.35. The number of morpholine rings is 1. The molecule has 2 aliphatic heterocycles. The van der Waals surface area contributed by atoms with Crippen molar-refractivity contribution < 1.29 is 4.74 Å². The molecule has 1 N–H and O–H groups in total. The third-order valence-electron chi connectivity index (χ3n) is 5.14. The van der Waals surface area contributed by atoms with E-state index in [2.05, 4.69) is 54.6 Å². The molecule has 0 aliphatic carbocycles. The first-order valence-electron chi connectivity index (χ1n) is 9.78. The Labute approximate surface area is 169 Å². The van der Waals surface area contributed by atoms with Gasteiger partial charge in [-0.1, -0.05) is 12.1 Å². The summed E-state index contributed by atoms with van der Waals surface area (Å²) in [7, 11) is 1.91. The van der Waals surface area contributed by atoms with Crippen LogP contribution < -0.4 is 10.2 Å². The average Bonchev–Trinajstić information content (AvgIpc) is 3.35. The van der Waals surface area contributed by atoms with Gasteiger partial charge in [0.1, 0.15) is 0 Å². The minimum absolute atomic E-state index is 0.596. The Bertz CT molecular complexity index is 1000. The minimum Gasteiger partial charge on any atom is -0.379 e. The van der Waals surface area contributed by atoms with Gasteiger partial charge in [-0.05, 0) is 17.7 Å². The van der Waals surface area contributed by atoms with Gasteiger partial charge in [0.25, 0.3) is 0 Å². The Morgan fingerprint density at radius 3 is 2.69 bits per heavy atom. The molecule has 0 saturated carbocycles. The number of aromatic nitrogens is 5. The Hall–Kier alpha value is -3.17. The van der Waals surface area contributed by atoms with Crippen molar-refractivity contribution in [2.75, 3.05) is 36.5 Å². The van der Waals surface area contributed by atoms with E-state index in [-0.39, 0.29) is 0 Å². The lowest BCUT2D eigenvalue weighted by atomic mass is 10.2. The van der Waals surface area contributed by atoms with Crippen LogP contribution in [-0.2, 0) is 24.9 Å². The summed E-state index contributed by atoms with van der Waals surface area (Å²) in [5.74, 6) is 1.47. The van der Waals surface area contributed by atoms with Crippen LogP contribution in [0, 0.1) is 0 Å². The Morgan fingerprint density at radius 2 is 1.93 bits per heavy atom. The summed E-state index contributed by atoms with van der Waals surface area (Å²) in [4.78, 5) is 9.16. The van der Waals surface area contributed by atoms with Gasteiger partial charge in [0, 0.05) is 51.0 Å². The van der Waals surface area contributed by atoms with Crippen molar-refractivity contribution in [2.45, 2.75) is 13.1 Å². The quantitative estimate of drug-likeness (QED) is 0.712. The highest BCUT2D eigenvalue weighted by atomic mass is 16.5. The van der Waals surface area contributed by atoms with E-state index in [0.29, 0.717) is 12.5 Å². The molecule has 0 radical (unpaired) electrons. The molecule has 0 spiro atoms. The molecular weight excluding hydrogens is 368 g/mol. The topological polar surface area (TPSA) is 76.3 Å². The molecule has 0 bridgehead atoms. The summed E-state index contributed by atoms with van der Waals surface area (Å²) in [6, 6.07) is 8.46. The summed E-state index contributed by atoms with van der Waals surface area (Å²) in [5.41, 5.74) is 3.31. The summed E-state index contributed by atoms with van der Waals surface area (Å²) in [6.07, 6.45) is 7.72. The second-order valence-corrected chi connectivity index (χ2v) is 7.30. The summed E-state index contributed by atoms with van der Waals surface area (Å²) in [5, 5.41) is 12.1. The van der Waals surface area contributed by atoms with Crippen LogP contribution in [0.15, 0.2) is 42.9 Å². The van der Waals surface area contributed by atoms with Crippen molar-refractivity contribution in [3.8, 4) is 0 Å². The molecule has 0 atom stereocenters. The van der Waals surface area contributed by atoms with Crippen LogP contribution in [0.4, 0.5) is 17.3 Å². The molecule has 1 aromatic carbocycles. The monoisotopic (exact) mass is 392 g/mol. The van der Waals surface area contributed by atoms with E-state index in [4.69, 9.17) is 4.74 Å². The molecule has 1 saturated heterocycles. The van der Waals surface area contributed by atoms with Crippen LogP contribution >= 0.6 is 0 Å². The highest BCUT2D eigenvalue weighted by molar-refractivity contribution is 5.55. The summed E-state index contributed by atoms with van der Waals surface area (Å²) < 4.78 is 9.01. The SMILES string of the molecule is Cn1cc(N2C=Cn3nc(Nc4ccc(CN5CCOCC5)cc4)nc3C2)cn1. The van der Waals surface area contributed by atoms with E-state index in [1.54, 1.807) is 4.68 Å². The molecule has 9 heteroatoms. The number of benzene rings is 1. The number of hydrogen-bond acceptors (Lipinski definition) is 7. The van der Waals surface area contributed by atoms with E-state index in [1.165, 1.54) is 5.56 Å². The predicted octanol–water partition coefficient (Wildman–Crippen LogP) is 2.04. The zero-order valence-corrected chi connectivity index (χ0v) is 16.4. The van der Waals surface area contributed by atoms with Gasteiger partial charge >= 0.3 is 0 Å². The molecule has 5 rings (SSSR count). The molecule has 0 unspecified atom stereocenters. The fraction of sp³-hybridized carbons (Fsp3) is 0.350. The van der Waals surface area contributed by atoms with Gasteiger partial charge in [0.2, 0.25) is 5.95 Å². The first-order chi connectivity index (χ1) is 14.2. The van der Waals surface area contributed by atoms with Gasteiger partial charge in [-0.15, -0.1) is 5.10 Å². The van der Waals surface area contributed by atoms with Crippen LogP contribution in [0.2, 0.25) is 0 Å². The molecular formula is C20H24N8O. The van der Waals surface area contributed by atoms with Gasteiger partial charge in [-0.3, -0.25) is 9.58 Å². The molecule has 2 aliphatic rings. The Morgan fingerprint density at radius 1 is 1.10 bits per heavy atom. The van der Waals surface area contributed by atoms with Crippen LogP contribution in [0.5, 0.6) is 0 Å². The fourth-order valence-corrected chi connectivity index (χ4v) is 3.56. The lowest BCUT2D eigenvalue weighted by Gasteiger charge is -2.26. The van der Waals surface area contributed by atoms with Gasteiger partial charge < -0.3 is 15.0 Å². The summed E-state index contributed by atoms with van der Waals surface area (Å²) >= 11 is 0. The predicted molar refractivity (Wildman–Crippen MR) is 111 cm³/mol. The Kier molecular flexibility index (Phi) is 4.74. The number of fused-ring (bicyclic) bond motifs is 1. The van der Waals surface area contributed by atoms with E-state index >= 15 is 0 Å². The normalized spacial score (nSPS) is 16.8. The minimum atomic E-state index is 0.596. The van der Waals surface area contributed by atoms with Crippen LogP contribution in [0.3, 0.4) is 0 Å². The fourth-order valence-electron chi connectivity index (χ4n) is 3.56. The molecule has 1 fully saturated rings. The van der Waals surface area contributed by atoms with E-state index in [1.807, 2.05) is 36.5 Å². The maximum Gasteiger partial charge on any atom is 0.247 e. The maximum absolute atomic E-state index is 5.41. The van der Waals surface area contributed by atoms with E-state index in [0.717, 1.165) is 50.0 Å². The first kappa shape index (κ1) is 17.9. The highest BCUT2D eigenvalue weighted by Crippen LogP contribution is 2.22. The molecule has 4 heterocycles. The average molecular weight is 392 g/mol.